The molecule has 0 amide bonds. The molecule has 0 unspecified atom stereocenters. The van der Waals surface area contributed by atoms with Crippen molar-refractivity contribution in [1.29, 1.82) is 0 Å². The van der Waals surface area contributed by atoms with Crippen LogP contribution in [0, 0.1) is 0 Å². The summed E-state index contributed by atoms with van der Waals surface area (Å²) in [6.07, 6.45) is 49.8. The minimum atomic E-state index is -4.76. The lowest BCUT2D eigenvalue weighted by atomic mass is 10.0. The summed E-state index contributed by atoms with van der Waals surface area (Å²) in [6, 6.07) is 0. The second-order valence-electron chi connectivity index (χ2n) is 14.6. The molecule has 0 aromatic heterocycles. The molecule has 0 aliphatic heterocycles. The minimum absolute atomic E-state index is 0.208. The van der Waals surface area contributed by atoms with E-state index in [1.165, 1.54) is 96.3 Å². The molecule has 54 heavy (non-hydrogen) atoms. The van der Waals surface area contributed by atoms with E-state index in [9.17, 15) is 14.2 Å². The Morgan fingerprint density at radius 3 is 1.33 bits per heavy atom. The Morgan fingerprint density at radius 1 is 0.500 bits per heavy atom. The Balaban J connectivity index is 3.91. The predicted octanol–water partition coefficient (Wildman–Crippen LogP) is 13.5. The Bertz CT molecular complexity index is 1020. The highest BCUT2D eigenvalue weighted by molar-refractivity contribution is 7.46. The molecule has 0 aliphatic rings. The van der Waals surface area contributed by atoms with E-state index in [-0.39, 0.29) is 19.4 Å². The molecular formula is C45H81O8P. The Labute approximate surface area is 331 Å². The number of hydrogen-bond donors (Lipinski definition) is 2. The Kier molecular flexibility index (Phi) is 39.2. The molecule has 0 bridgehead atoms. The van der Waals surface area contributed by atoms with Crippen LogP contribution in [0.15, 0.2) is 48.6 Å². The van der Waals surface area contributed by atoms with Gasteiger partial charge in [-0.05, 0) is 51.4 Å². The first kappa shape index (κ1) is 52.0. The third-order valence-electron chi connectivity index (χ3n) is 9.36. The van der Waals surface area contributed by atoms with Crippen molar-refractivity contribution in [3.05, 3.63) is 48.6 Å². The van der Waals surface area contributed by atoms with Crippen molar-refractivity contribution in [2.24, 2.45) is 0 Å². The first-order chi connectivity index (χ1) is 26.3. The molecule has 2 N–H and O–H groups in total. The topological polar surface area (TPSA) is 119 Å². The van der Waals surface area contributed by atoms with Crippen LogP contribution in [0.1, 0.15) is 206 Å². The van der Waals surface area contributed by atoms with Crippen LogP contribution >= 0.6 is 7.82 Å². The van der Waals surface area contributed by atoms with Crippen LogP contribution in [-0.2, 0) is 28.2 Å². The third kappa shape index (κ3) is 42.7. The molecule has 0 aliphatic carbocycles. The second-order valence-corrected chi connectivity index (χ2v) is 15.9. The summed E-state index contributed by atoms with van der Waals surface area (Å²) >= 11 is 0. The number of phosphoric ester groups is 1. The van der Waals surface area contributed by atoms with E-state index in [1.807, 2.05) is 0 Å². The molecule has 0 fully saturated rings. The van der Waals surface area contributed by atoms with Crippen molar-refractivity contribution in [2.75, 3.05) is 13.2 Å². The zero-order chi connectivity index (χ0) is 39.6. The van der Waals surface area contributed by atoms with Crippen LogP contribution in [0.2, 0.25) is 0 Å². The second kappa shape index (κ2) is 40.7. The van der Waals surface area contributed by atoms with Gasteiger partial charge in [-0.2, -0.15) is 0 Å². The highest BCUT2D eigenvalue weighted by Gasteiger charge is 2.22. The largest absolute Gasteiger partial charge is 0.469 e. The summed E-state index contributed by atoms with van der Waals surface area (Å²) in [5.41, 5.74) is 0. The predicted molar refractivity (Wildman–Crippen MR) is 225 cm³/mol. The van der Waals surface area contributed by atoms with Gasteiger partial charge in [0.1, 0.15) is 6.61 Å². The van der Waals surface area contributed by atoms with Gasteiger partial charge in [0.05, 0.1) is 6.61 Å². The zero-order valence-electron chi connectivity index (χ0n) is 34.6. The van der Waals surface area contributed by atoms with E-state index >= 15 is 0 Å². The van der Waals surface area contributed by atoms with Gasteiger partial charge in [0.15, 0.2) is 6.10 Å². The fourth-order valence-electron chi connectivity index (χ4n) is 6.13. The van der Waals surface area contributed by atoms with Gasteiger partial charge in [0, 0.05) is 12.8 Å². The van der Waals surface area contributed by atoms with Crippen LogP contribution in [0.25, 0.3) is 0 Å². The van der Waals surface area contributed by atoms with Crippen molar-refractivity contribution in [2.45, 2.75) is 213 Å². The van der Waals surface area contributed by atoms with E-state index < -0.39 is 32.5 Å². The van der Waals surface area contributed by atoms with Crippen molar-refractivity contribution < 1.29 is 37.9 Å². The maximum absolute atomic E-state index is 12.4. The standard InChI is InChI=1S/C45H81O8P/c1-3-5-7-9-11-13-15-17-19-21-22-24-26-28-30-32-34-36-38-40-45(47)53-43(42-52-54(48,49)50)41-51-44(46)39-37-35-33-31-29-27-25-23-20-18-16-14-12-10-8-6-4-2/h6,8,12,14,18,20,25,27,43H,3-5,7,9-11,13,15-17,19,21-24,26,28-42H2,1-2H3,(H2,48,49,50)/b8-6-,14-12-,20-18-,27-25-/t43-/m1/s1. The summed E-state index contributed by atoms with van der Waals surface area (Å²) in [5.74, 6) is -0.907. The molecule has 8 nitrogen and oxygen atoms in total. The number of esters is 2. The van der Waals surface area contributed by atoms with Crippen molar-refractivity contribution in [3.63, 3.8) is 0 Å². The van der Waals surface area contributed by atoms with Gasteiger partial charge in [-0.25, -0.2) is 4.57 Å². The van der Waals surface area contributed by atoms with Crippen molar-refractivity contribution in [3.8, 4) is 0 Å². The summed E-state index contributed by atoms with van der Waals surface area (Å²) in [7, 11) is -4.76. The van der Waals surface area contributed by atoms with Gasteiger partial charge in [0.2, 0.25) is 0 Å². The molecule has 1 atom stereocenters. The molecule has 314 valence electrons. The van der Waals surface area contributed by atoms with Crippen LogP contribution in [0.4, 0.5) is 0 Å². The number of rotatable bonds is 40. The Morgan fingerprint density at radius 2 is 0.889 bits per heavy atom. The lowest BCUT2D eigenvalue weighted by molar-refractivity contribution is -0.161. The van der Waals surface area contributed by atoms with Crippen molar-refractivity contribution in [1.82, 2.24) is 0 Å². The highest BCUT2D eigenvalue weighted by Crippen LogP contribution is 2.36. The SMILES string of the molecule is CC/C=C\C/C=C\C/C=C\C/C=C\CCCCCCC(=O)OC[C@H](COP(=O)(O)O)OC(=O)CCCCCCCCCCCCCCCCCCCCC. The summed E-state index contributed by atoms with van der Waals surface area (Å²) in [5, 5.41) is 0. The third-order valence-corrected chi connectivity index (χ3v) is 9.85. The van der Waals surface area contributed by atoms with Gasteiger partial charge >= 0.3 is 19.8 Å². The quantitative estimate of drug-likeness (QED) is 0.0273. The summed E-state index contributed by atoms with van der Waals surface area (Å²) in [4.78, 5) is 42.9. The first-order valence-electron chi connectivity index (χ1n) is 21.9. The Hall–Kier alpha value is -1.99. The minimum Gasteiger partial charge on any atom is -0.462 e. The van der Waals surface area contributed by atoms with E-state index in [2.05, 4.69) is 67.0 Å². The van der Waals surface area contributed by atoms with Gasteiger partial charge in [-0.3, -0.25) is 14.1 Å². The monoisotopic (exact) mass is 781 g/mol. The molecule has 0 radical (unpaired) electrons. The number of allylic oxidation sites excluding steroid dienone is 8. The van der Waals surface area contributed by atoms with Crippen LogP contribution < -0.4 is 0 Å². The lowest BCUT2D eigenvalue weighted by Gasteiger charge is -2.18. The van der Waals surface area contributed by atoms with Gasteiger partial charge < -0.3 is 19.3 Å². The summed E-state index contributed by atoms with van der Waals surface area (Å²) < 4.78 is 26.4. The number of hydrogen-bond acceptors (Lipinski definition) is 6. The first-order valence-corrected chi connectivity index (χ1v) is 23.5. The number of ether oxygens (including phenoxy) is 2. The van der Waals surface area contributed by atoms with E-state index in [0.29, 0.717) is 12.8 Å². The van der Waals surface area contributed by atoms with E-state index in [0.717, 1.165) is 70.6 Å². The van der Waals surface area contributed by atoms with Crippen molar-refractivity contribution >= 4 is 19.8 Å². The number of carbonyl (C=O) groups is 2. The number of carbonyl (C=O) groups excluding carboxylic acids is 2. The van der Waals surface area contributed by atoms with E-state index in [4.69, 9.17) is 19.3 Å². The molecule has 0 spiro atoms. The van der Waals surface area contributed by atoms with Gasteiger partial charge in [0.25, 0.3) is 0 Å². The van der Waals surface area contributed by atoms with Gasteiger partial charge in [-0.1, -0.05) is 191 Å². The van der Waals surface area contributed by atoms with Crippen LogP contribution in [0.5, 0.6) is 0 Å². The van der Waals surface area contributed by atoms with Crippen LogP contribution in [-0.4, -0.2) is 41.0 Å². The maximum Gasteiger partial charge on any atom is 0.469 e. The smallest absolute Gasteiger partial charge is 0.462 e. The maximum atomic E-state index is 12.4. The number of unbranched alkanes of at least 4 members (excludes halogenated alkanes) is 22. The molecule has 0 saturated carbocycles. The molecule has 0 rings (SSSR count). The molecular weight excluding hydrogens is 699 g/mol. The molecule has 9 heteroatoms. The number of phosphoric acid groups is 1. The fraction of sp³-hybridized carbons (Fsp3) is 0.778. The molecule has 0 heterocycles. The average Bonchev–Trinajstić information content (AvgIpc) is 3.14. The average molecular weight is 781 g/mol. The van der Waals surface area contributed by atoms with Crippen LogP contribution in [0.3, 0.4) is 0 Å². The van der Waals surface area contributed by atoms with Gasteiger partial charge in [-0.15, -0.1) is 0 Å². The normalized spacial score (nSPS) is 12.9. The lowest BCUT2D eigenvalue weighted by Crippen LogP contribution is -2.29. The molecule has 0 aromatic rings. The summed E-state index contributed by atoms with van der Waals surface area (Å²) in [6.45, 7) is 3.57. The zero-order valence-corrected chi connectivity index (χ0v) is 35.5. The molecule has 0 aromatic carbocycles. The highest BCUT2D eigenvalue weighted by atomic mass is 31.2. The fourth-order valence-corrected chi connectivity index (χ4v) is 6.49. The van der Waals surface area contributed by atoms with E-state index in [1.54, 1.807) is 0 Å². The molecule has 0 saturated heterocycles.